The first-order chi connectivity index (χ1) is 8.95. The number of rotatable bonds is 2. The molecule has 1 heterocycles. The van der Waals surface area contributed by atoms with Crippen LogP contribution >= 0.6 is 0 Å². The SMILES string of the molecule is CC1(C)Oc2ccc(NC(=O)C3CC3)cc2NC1=O. The molecule has 100 valence electrons. The third-order valence-electron chi connectivity index (χ3n) is 3.36. The van der Waals surface area contributed by atoms with Gasteiger partial charge in [0.25, 0.3) is 5.91 Å². The van der Waals surface area contributed by atoms with Gasteiger partial charge in [-0.05, 0) is 44.9 Å². The smallest absolute Gasteiger partial charge is 0.268 e. The summed E-state index contributed by atoms with van der Waals surface area (Å²) in [7, 11) is 0. The third kappa shape index (κ3) is 2.28. The summed E-state index contributed by atoms with van der Waals surface area (Å²) < 4.78 is 5.63. The average Bonchev–Trinajstić information content (AvgIpc) is 3.14. The summed E-state index contributed by atoms with van der Waals surface area (Å²) in [6, 6.07) is 5.27. The van der Waals surface area contributed by atoms with E-state index in [0.29, 0.717) is 17.1 Å². The Morgan fingerprint density at radius 3 is 2.84 bits per heavy atom. The molecule has 5 heteroatoms. The van der Waals surface area contributed by atoms with E-state index in [-0.39, 0.29) is 17.7 Å². The maximum Gasteiger partial charge on any atom is 0.268 e. The second-order valence-electron chi connectivity index (χ2n) is 5.54. The lowest BCUT2D eigenvalue weighted by atomic mass is 10.1. The van der Waals surface area contributed by atoms with Crippen LogP contribution in [0.4, 0.5) is 11.4 Å². The van der Waals surface area contributed by atoms with Gasteiger partial charge in [0.1, 0.15) is 5.75 Å². The summed E-state index contributed by atoms with van der Waals surface area (Å²) in [5.74, 6) is 0.629. The molecule has 1 aromatic carbocycles. The number of ether oxygens (including phenoxy) is 1. The number of carbonyl (C=O) groups is 2. The molecule has 1 aliphatic heterocycles. The normalized spacial score (nSPS) is 20.0. The van der Waals surface area contributed by atoms with Crippen LogP contribution in [0.5, 0.6) is 5.75 Å². The van der Waals surface area contributed by atoms with E-state index in [1.165, 1.54) is 0 Å². The van der Waals surface area contributed by atoms with E-state index in [2.05, 4.69) is 10.6 Å². The lowest BCUT2D eigenvalue weighted by Crippen LogP contribution is -2.45. The van der Waals surface area contributed by atoms with Crippen molar-refractivity contribution in [3.63, 3.8) is 0 Å². The van der Waals surface area contributed by atoms with Gasteiger partial charge in [0.15, 0.2) is 5.60 Å². The van der Waals surface area contributed by atoms with Crippen molar-refractivity contribution in [2.45, 2.75) is 32.3 Å². The van der Waals surface area contributed by atoms with Crippen LogP contribution in [-0.4, -0.2) is 17.4 Å². The number of hydrogen-bond donors (Lipinski definition) is 2. The molecule has 1 saturated carbocycles. The van der Waals surface area contributed by atoms with Crippen LogP contribution in [0.3, 0.4) is 0 Å². The Labute approximate surface area is 111 Å². The molecule has 1 aliphatic carbocycles. The Hall–Kier alpha value is -2.04. The number of fused-ring (bicyclic) bond motifs is 1. The predicted octanol–water partition coefficient (Wildman–Crippen LogP) is 2.14. The van der Waals surface area contributed by atoms with E-state index in [1.807, 2.05) is 0 Å². The van der Waals surface area contributed by atoms with Gasteiger partial charge in [0, 0.05) is 11.6 Å². The molecule has 0 atom stereocenters. The quantitative estimate of drug-likeness (QED) is 0.856. The first-order valence-corrected chi connectivity index (χ1v) is 6.41. The van der Waals surface area contributed by atoms with Crippen molar-refractivity contribution >= 4 is 23.2 Å². The van der Waals surface area contributed by atoms with E-state index >= 15 is 0 Å². The number of benzene rings is 1. The fourth-order valence-electron chi connectivity index (χ4n) is 1.98. The lowest BCUT2D eigenvalue weighted by molar-refractivity contribution is -0.129. The van der Waals surface area contributed by atoms with Crippen molar-refractivity contribution in [3.05, 3.63) is 18.2 Å². The van der Waals surface area contributed by atoms with Crippen LogP contribution in [0, 0.1) is 5.92 Å². The monoisotopic (exact) mass is 260 g/mol. The fraction of sp³-hybridized carbons (Fsp3) is 0.429. The summed E-state index contributed by atoms with van der Waals surface area (Å²) in [4.78, 5) is 23.5. The molecule has 2 N–H and O–H groups in total. The maximum atomic E-state index is 11.8. The van der Waals surface area contributed by atoms with Gasteiger partial charge < -0.3 is 15.4 Å². The molecule has 5 nitrogen and oxygen atoms in total. The summed E-state index contributed by atoms with van der Waals surface area (Å²) in [5, 5.41) is 5.64. The number of hydrogen-bond acceptors (Lipinski definition) is 3. The summed E-state index contributed by atoms with van der Waals surface area (Å²) in [6.45, 7) is 3.43. The average molecular weight is 260 g/mol. The zero-order valence-corrected chi connectivity index (χ0v) is 10.9. The number of carbonyl (C=O) groups excluding carboxylic acids is 2. The highest BCUT2D eigenvalue weighted by Crippen LogP contribution is 2.36. The van der Waals surface area contributed by atoms with Crippen LogP contribution < -0.4 is 15.4 Å². The Morgan fingerprint density at radius 1 is 1.42 bits per heavy atom. The van der Waals surface area contributed by atoms with E-state index in [1.54, 1.807) is 32.0 Å². The molecule has 1 aromatic rings. The summed E-state index contributed by atoms with van der Waals surface area (Å²) in [6.07, 6.45) is 1.93. The highest BCUT2D eigenvalue weighted by molar-refractivity contribution is 6.01. The molecule has 19 heavy (non-hydrogen) atoms. The van der Waals surface area contributed by atoms with E-state index in [4.69, 9.17) is 4.74 Å². The molecule has 0 bridgehead atoms. The van der Waals surface area contributed by atoms with E-state index in [9.17, 15) is 9.59 Å². The van der Waals surface area contributed by atoms with Gasteiger partial charge in [-0.1, -0.05) is 0 Å². The predicted molar refractivity (Wildman–Crippen MR) is 71.1 cm³/mol. The first kappa shape index (κ1) is 12.0. The third-order valence-corrected chi connectivity index (χ3v) is 3.36. The highest BCUT2D eigenvalue weighted by atomic mass is 16.5. The topological polar surface area (TPSA) is 67.4 Å². The van der Waals surface area contributed by atoms with Crippen molar-refractivity contribution < 1.29 is 14.3 Å². The van der Waals surface area contributed by atoms with E-state index in [0.717, 1.165) is 12.8 Å². The van der Waals surface area contributed by atoms with Gasteiger partial charge in [0.2, 0.25) is 5.91 Å². The molecule has 0 saturated heterocycles. The molecule has 3 rings (SSSR count). The van der Waals surface area contributed by atoms with Gasteiger partial charge in [-0.25, -0.2) is 0 Å². The zero-order valence-electron chi connectivity index (χ0n) is 10.9. The fourth-order valence-corrected chi connectivity index (χ4v) is 1.98. The van der Waals surface area contributed by atoms with Crippen molar-refractivity contribution in [2.75, 3.05) is 10.6 Å². The van der Waals surface area contributed by atoms with Crippen LogP contribution in [0.1, 0.15) is 26.7 Å². The largest absolute Gasteiger partial charge is 0.476 e. The minimum atomic E-state index is -0.869. The number of anilines is 2. The minimum absolute atomic E-state index is 0.0448. The Balaban J connectivity index is 1.82. The van der Waals surface area contributed by atoms with Gasteiger partial charge in [-0.15, -0.1) is 0 Å². The standard InChI is InChI=1S/C14H16N2O3/c1-14(2)13(18)16-10-7-9(5-6-11(10)19-14)15-12(17)8-3-4-8/h5-8H,3-4H2,1-2H3,(H,15,17)(H,16,18). The second kappa shape index (κ2) is 3.98. The van der Waals surface area contributed by atoms with Crippen molar-refractivity contribution in [3.8, 4) is 5.75 Å². The van der Waals surface area contributed by atoms with Gasteiger partial charge in [0.05, 0.1) is 5.69 Å². The summed E-state index contributed by atoms with van der Waals surface area (Å²) >= 11 is 0. The van der Waals surface area contributed by atoms with Gasteiger partial charge >= 0.3 is 0 Å². The first-order valence-electron chi connectivity index (χ1n) is 6.41. The molecule has 0 aromatic heterocycles. The Bertz CT molecular complexity index is 562. The molecule has 1 fully saturated rings. The minimum Gasteiger partial charge on any atom is -0.476 e. The van der Waals surface area contributed by atoms with Crippen LogP contribution in [0.25, 0.3) is 0 Å². The zero-order chi connectivity index (χ0) is 13.6. The van der Waals surface area contributed by atoms with Crippen molar-refractivity contribution in [1.82, 2.24) is 0 Å². The number of nitrogens with one attached hydrogen (secondary N) is 2. The van der Waals surface area contributed by atoms with Gasteiger partial charge in [-0.3, -0.25) is 9.59 Å². The van der Waals surface area contributed by atoms with E-state index < -0.39 is 5.60 Å². The van der Waals surface area contributed by atoms with Crippen molar-refractivity contribution in [1.29, 1.82) is 0 Å². The molecule has 0 radical (unpaired) electrons. The number of amides is 2. The van der Waals surface area contributed by atoms with Crippen LogP contribution in [0.2, 0.25) is 0 Å². The lowest BCUT2D eigenvalue weighted by Gasteiger charge is -2.31. The Kier molecular flexibility index (Phi) is 2.52. The van der Waals surface area contributed by atoms with Gasteiger partial charge in [-0.2, -0.15) is 0 Å². The van der Waals surface area contributed by atoms with Crippen molar-refractivity contribution in [2.24, 2.45) is 5.92 Å². The van der Waals surface area contributed by atoms with Crippen LogP contribution in [-0.2, 0) is 9.59 Å². The second-order valence-corrected chi connectivity index (χ2v) is 5.54. The molecular formula is C14H16N2O3. The molecule has 0 spiro atoms. The Morgan fingerprint density at radius 2 is 2.16 bits per heavy atom. The molecule has 2 amide bonds. The molecule has 0 unspecified atom stereocenters. The van der Waals surface area contributed by atoms with Crippen LogP contribution in [0.15, 0.2) is 18.2 Å². The molecular weight excluding hydrogens is 244 g/mol. The summed E-state index contributed by atoms with van der Waals surface area (Å²) in [5.41, 5.74) is 0.406. The maximum absolute atomic E-state index is 11.8. The highest BCUT2D eigenvalue weighted by Gasteiger charge is 2.35. The molecule has 2 aliphatic rings.